The third kappa shape index (κ3) is 4.61. The molecular weight excluding hydrogens is 220 g/mol. The summed E-state index contributed by atoms with van der Waals surface area (Å²) in [7, 11) is 1.60. The molecule has 1 aliphatic rings. The molecule has 0 aromatic rings. The van der Waals surface area contributed by atoms with E-state index in [0.717, 1.165) is 25.7 Å². The first-order chi connectivity index (χ1) is 8.11. The molecule has 100 valence electrons. The quantitative estimate of drug-likeness (QED) is 0.667. The van der Waals surface area contributed by atoms with Gasteiger partial charge in [0.05, 0.1) is 13.2 Å². The summed E-state index contributed by atoms with van der Waals surface area (Å²) in [6, 6.07) is 0. The highest BCUT2D eigenvalue weighted by atomic mass is 16.5. The predicted molar refractivity (Wildman–Crippen MR) is 65.5 cm³/mol. The van der Waals surface area contributed by atoms with Crippen LogP contribution in [0.2, 0.25) is 0 Å². The third-order valence-electron chi connectivity index (χ3n) is 3.39. The summed E-state index contributed by atoms with van der Waals surface area (Å²) >= 11 is 0. The second-order valence-electron chi connectivity index (χ2n) is 4.84. The number of nitrogens with zero attached hydrogens (tertiary/aromatic N) is 1. The minimum absolute atomic E-state index is 0.0208. The number of ether oxygens (including phenoxy) is 1. The van der Waals surface area contributed by atoms with Gasteiger partial charge in [-0.3, -0.25) is 4.79 Å². The second kappa shape index (κ2) is 6.93. The largest absolute Gasteiger partial charge is 0.395 e. The van der Waals surface area contributed by atoms with Crippen LogP contribution in [-0.4, -0.2) is 54.9 Å². The van der Waals surface area contributed by atoms with E-state index in [2.05, 4.69) is 0 Å². The Morgan fingerprint density at radius 2 is 2.06 bits per heavy atom. The molecule has 0 aliphatic heterocycles. The molecule has 0 aromatic carbocycles. The van der Waals surface area contributed by atoms with Gasteiger partial charge in [0, 0.05) is 32.2 Å². The molecule has 3 N–H and O–H groups in total. The number of aliphatic hydroxyl groups is 1. The zero-order valence-corrected chi connectivity index (χ0v) is 10.7. The maximum absolute atomic E-state index is 12.1. The van der Waals surface area contributed by atoms with Gasteiger partial charge < -0.3 is 20.5 Å². The molecule has 1 aliphatic carbocycles. The van der Waals surface area contributed by atoms with E-state index in [1.54, 1.807) is 12.0 Å². The molecule has 0 spiro atoms. The molecule has 0 heterocycles. The molecule has 1 rings (SSSR count). The van der Waals surface area contributed by atoms with Crippen LogP contribution in [-0.2, 0) is 9.53 Å². The molecular formula is C12H24N2O3. The van der Waals surface area contributed by atoms with E-state index in [9.17, 15) is 4.79 Å². The van der Waals surface area contributed by atoms with Crippen LogP contribution in [0.4, 0.5) is 0 Å². The van der Waals surface area contributed by atoms with Gasteiger partial charge in [-0.05, 0) is 12.8 Å². The van der Waals surface area contributed by atoms with Crippen LogP contribution in [0.5, 0.6) is 0 Å². The summed E-state index contributed by atoms with van der Waals surface area (Å²) in [5.74, 6) is 0.0282. The fourth-order valence-corrected chi connectivity index (χ4v) is 2.35. The molecule has 17 heavy (non-hydrogen) atoms. The highest BCUT2D eigenvalue weighted by molar-refractivity contribution is 5.77. The first-order valence-corrected chi connectivity index (χ1v) is 6.28. The van der Waals surface area contributed by atoms with E-state index < -0.39 is 0 Å². The van der Waals surface area contributed by atoms with Crippen molar-refractivity contribution in [2.24, 2.45) is 5.73 Å². The summed E-state index contributed by atoms with van der Waals surface area (Å²) < 4.78 is 4.96. The molecule has 0 unspecified atom stereocenters. The Labute approximate surface area is 103 Å². The Bertz CT molecular complexity index is 240. The average Bonchev–Trinajstić information content (AvgIpc) is 2.70. The van der Waals surface area contributed by atoms with Crippen LogP contribution in [0.3, 0.4) is 0 Å². The van der Waals surface area contributed by atoms with Crippen molar-refractivity contribution in [3.63, 3.8) is 0 Å². The number of aliphatic hydroxyl groups excluding tert-OH is 1. The van der Waals surface area contributed by atoms with Gasteiger partial charge in [0.1, 0.15) is 0 Å². The topological polar surface area (TPSA) is 75.8 Å². The first kappa shape index (κ1) is 14.4. The summed E-state index contributed by atoms with van der Waals surface area (Å²) in [4.78, 5) is 13.7. The molecule has 0 aromatic heterocycles. The number of rotatable bonds is 7. The smallest absolute Gasteiger partial charge is 0.224 e. The summed E-state index contributed by atoms with van der Waals surface area (Å²) in [6.07, 6.45) is 4.46. The molecule has 0 bridgehead atoms. The van der Waals surface area contributed by atoms with Gasteiger partial charge in [0.15, 0.2) is 0 Å². The van der Waals surface area contributed by atoms with E-state index in [4.69, 9.17) is 15.6 Å². The molecule has 5 nitrogen and oxygen atoms in total. The van der Waals surface area contributed by atoms with Crippen LogP contribution >= 0.6 is 0 Å². The van der Waals surface area contributed by atoms with Crippen LogP contribution < -0.4 is 5.73 Å². The van der Waals surface area contributed by atoms with Gasteiger partial charge >= 0.3 is 0 Å². The maximum Gasteiger partial charge on any atom is 0.224 e. The molecule has 1 fully saturated rings. The lowest BCUT2D eigenvalue weighted by atomic mass is 9.94. The van der Waals surface area contributed by atoms with Crippen molar-refractivity contribution in [3.8, 4) is 0 Å². The first-order valence-electron chi connectivity index (χ1n) is 6.28. The fraction of sp³-hybridized carbons (Fsp3) is 0.917. The predicted octanol–water partition coefficient (Wildman–Crippen LogP) is 0.115. The maximum atomic E-state index is 12.1. The third-order valence-corrected chi connectivity index (χ3v) is 3.39. The molecule has 0 saturated heterocycles. The summed E-state index contributed by atoms with van der Waals surface area (Å²) in [5, 5.41) is 8.94. The highest BCUT2D eigenvalue weighted by Crippen LogP contribution is 2.30. The van der Waals surface area contributed by atoms with Crippen LogP contribution in [0.15, 0.2) is 0 Å². The lowest BCUT2D eigenvalue weighted by Gasteiger charge is -2.28. The number of hydrogen-bond acceptors (Lipinski definition) is 4. The standard InChI is InChI=1S/C12H24N2O3/c1-17-9-7-14(6-8-15)11(16)10-12(13)4-2-3-5-12/h15H,2-10,13H2,1H3. The Hall–Kier alpha value is -0.650. The lowest BCUT2D eigenvalue weighted by molar-refractivity contribution is -0.133. The SMILES string of the molecule is COCCN(CCO)C(=O)CC1(N)CCCC1. The van der Waals surface area contributed by atoms with Crippen molar-refractivity contribution >= 4 is 5.91 Å². The van der Waals surface area contributed by atoms with Crippen LogP contribution in [0, 0.1) is 0 Å². The molecule has 0 radical (unpaired) electrons. The fourth-order valence-electron chi connectivity index (χ4n) is 2.35. The van der Waals surface area contributed by atoms with Gasteiger partial charge in [-0.1, -0.05) is 12.8 Å². The Morgan fingerprint density at radius 1 is 1.41 bits per heavy atom. The number of carbonyl (C=O) groups is 1. The van der Waals surface area contributed by atoms with Gasteiger partial charge in [0.25, 0.3) is 0 Å². The molecule has 0 atom stereocenters. The van der Waals surface area contributed by atoms with Crippen molar-refractivity contribution in [3.05, 3.63) is 0 Å². The van der Waals surface area contributed by atoms with E-state index >= 15 is 0 Å². The highest BCUT2D eigenvalue weighted by Gasteiger charge is 2.33. The zero-order chi connectivity index (χ0) is 12.7. The lowest BCUT2D eigenvalue weighted by Crippen LogP contribution is -2.45. The Balaban J connectivity index is 2.45. The minimum Gasteiger partial charge on any atom is -0.395 e. The van der Waals surface area contributed by atoms with E-state index in [1.807, 2.05) is 0 Å². The van der Waals surface area contributed by atoms with Crippen molar-refractivity contribution in [1.82, 2.24) is 4.90 Å². The summed E-state index contributed by atoms with van der Waals surface area (Å²) in [6.45, 7) is 1.35. The Kier molecular flexibility index (Phi) is 5.88. The van der Waals surface area contributed by atoms with Gasteiger partial charge in [-0.15, -0.1) is 0 Å². The van der Waals surface area contributed by atoms with Crippen molar-refractivity contribution in [2.45, 2.75) is 37.6 Å². The van der Waals surface area contributed by atoms with Crippen LogP contribution in [0.25, 0.3) is 0 Å². The zero-order valence-electron chi connectivity index (χ0n) is 10.7. The molecule has 1 saturated carbocycles. The Morgan fingerprint density at radius 3 is 2.59 bits per heavy atom. The van der Waals surface area contributed by atoms with E-state index in [1.165, 1.54) is 0 Å². The monoisotopic (exact) mass is 244 g/mol. The second-order valence-corrected chi connectivity index (χ2v) is 4.84. The number of carbonyl (C=O) groups excluding carboxylic acids is 1. The van der Waals surface area contributed by atoms with E-state index in [0.29, 0.717) is 26.1 Å². The van der Waals surface area contributed by atoms with Crippen LogP contribution in [0.1, 0.15) is 32.1 Å². The number of amides is 1. The molecule has 5 heteroatoms. The number of hydrogen-bond donors (Lipinski definition) is 2. The summed E-state index contributed by atoms with van der Waals surface area (Å²) in [5.41, 5.74) is 5.86. The normalized spacial score (nSPS) is 18.3. The molecule has 1 amide bonds. The minimum atomic E-state index is -0.322. The van der Waals surface area contributed by atoms with Crippen molar-refractivity contribution in [1.29, 1.82) is 0 Å². The van der Waals surface area contributed by atoms with Gasteiger partial charge in [-0.25, -0.2) is 0 Å². The number of nitrogens with two attached hydrogens (primary N) is 1. The van der Waals surface area contributed by atoms with E-state index in [-0.39, 0.29) is 18.1 Å². The average molecular weight is 244 g/mol. The van der Waals surface area contributed by atoms with Gasteiger partial charge in [0.2, 0.25) is 5.91 Å². The van der Waals surface area contributed by atoms with Gasteiger partial charge in [-0.2, -0.15) is 0 Å². The van der Waals surface area contributed by atoms with Crippen molar-refractivity contribution < 1.29 is 14.6 Å². The van der Waals surface area contributed by atoms with Crippen molar-refractivity contribution in [2.75, 3.05) is 33.4 Å². The number of methoxy groups -OCH3 is 1.